The zero-order valence-corrected chi connectivity index (χ0v) is 12.3. The van der Waals surface area contributed by atoms with Crippen molar-refractivity contribution in [2.24, 2.45) is 5.41 Å². The zero-order valence-electron chi connectivity index (χ0n) is 12.3. The second-order valence-corrected chi connectivity index (χ2v) is 6.31. The summed E-state index contributed by atoms with van der Waals surface area (Å²) < 4.78 is 5.73. The van der Waals surface area contributed by atoms with Gasteiger partial charge in [0.2, 0.25) is 0 Å². The van der Waals surface area contributed by atoms with E-state index >= 15 is 0 Å². The third kappa shape index (κ3) is 2.40. The van der Waals surface area contributed by atoms with E-state index in [1.54, 1.807) is 6.20 Å². The predicted molar refractivity (Wildman–Crippen MR) is 81.7 cm³/mol. The summed E-state index contributed by atoms with van der Waals surface area (Å²) >= 11 is 0. The van der Waals surface area contributed by atoms with Gasteiger partial charge in [-0.1, -0.05) is 19.9 Å². The van der Waals surface area contributed by atoms with Gasteiger partial charge in [0.15, 0.2) is 0 Å². The molecule has 0 spiro atoms. The standard InChI is InChI=1S/C16H23N3O/c1-16(2)6-3-4-13(16)14-11-20-9-8-19(14)15-10-12(17)5-7-18-15/h4-5,7,10,14H,3,6,8-9,11H2,1-2H3,(H2,17,18). The van der Waals surface area contributed by atoms with Crippen LogP contribution in [0.15, 0.2) is 30.0 Å². The average molecular weight is 273 g/mol. The molecule has 1 saturated heterocycles. The molecule has 0 radical (unpaired) electrons. The van der Waals surface area contributed by atoms with Crippen molar-refractivity contribution in [1.29, 1.82) is 0 Å². The van der Waals surface area contributed by atoms with Gasteiger partial charge < -0.3 is 15.4 Å². The fourth-order valence-electron chi connectivity index (χ4n) is 3.32. The minimum atomic E-state index is 0.254. The Bertz CT molecular complexity index is 524. The number of nitrogen functional groups attached to an aromatic ring is 1. The highest BCUT2D eigenvalue weighted by atomic mass is 16.5. The molecule has 3 rings (SSSR count). The Morgan fingerprint density at radius 3 is 3.00 bits per heavy atom. The molecule has 2 N–H and O–H groups in total. The van der Waals surface area contributed by atoms with E-state index in [0.29, 0.717) is 0 Å². The monoisotopic (exact) mass is 273 g/mol. The highest BCUT2D eigenvalue weighted by Crippen LogP contribution is 2.42. The van der Waals surface area contributed by atoms with Crippen molar-refractivity contribution in [2.75, 3.05) is 30.4 Å². The molecule has 1 fully saturated rings. The van der Waals surface area contributed by atoms with Gasteiger partial charge in [0.1, 0.15) is 5.82 Å². The highest BCUT2D eigenvalue weighted by Gasteiger charge is 2.37. The van der Waals surface area contributed by atoms with Gasteiger partial charge in [0, 0.05) is 24.5 Å². The Morgan fingerprint density at radius 1 is 1.45 bits per heavy atom. The summed E-state index contributed by atoms with van der Waals surface area (Å²) in [7, 11) is 0. The van der Waals surface area contributed by atoms with Gasteiger partial charge in [-0.2, -0.15) is 0 Å². The first-order valence-corrected chi connectivity index (χ1v) is 7.34. The minimum Gasteiger partial charge on any atom is -0.399 e. The van der Waals surface area contributed by atoms with Gasteiger partial charge in [-0.05, 0) is 29.9 Å². The van der Waals surface area contributed by atoms with Crippen LogP contribution in [0.2, 0.25) is 0 Å². The van der Waals surface area contributed by atoms with Gasteiger partial charge >= 0.3 is 0 Å². The molecule has 2 heterocycles. The van der Waals surface area contributed by atoms with Crippen LogP contribution in [0.25, 0.3) is 0 Å². The van der Waals surface area contributed by atoms with Crippen LogP contribution in [0.5, 0.6) is 0 Å². The molecule has 0 aromatic carbocycles. The van der Waals surface area contributed by atoms with Crippen molar-refractivity contribution in [1.82, 2.24) is 4.98 Å². The quantitative estimate of drug-likeness (QED) is 0.842. The Hall–Kier alpha value is -1.55. The van der Waals surface area contributed by atoms with Gasteiger partial charge in [-0.15, -0.1) is 0 Å². The number of rotatable bonds is 2. The number of hydrogen-bond donors (Lipinski definition) is 1. The fraction of sp³-hybridized carbons (Fsp3) is 0.562. The lowest BCUT2D eigenvalue weighted by Crippen LogP contribution is -2.48. The van der Waals surface area contributed by atoms with Crippen LogP contribution in [0.4, 0.5) is 11.5 Å². The molecule has 4 heteroatoms. The number of morpholine rings is 1. The Morgan fingerprint density at radius 2 is 2.30 bits per heavy atom. The van der Waals surface area contributed by atoms with Gasteiger partial charge in [0.05, 0.1) is 19.3 Å². The maximum atomic E-state index is 5.90. The van der Waals surface area contributed by atoms with Crippen molar-refractivity contribution in [3.8, 4) is 0 Å². The number of anilines is 2. The Kier molecular flexibility index (Phi) is 3.42. The molecular formula is C16H23N3O. The van der Waals surface area contributed by atoms with Crippen LogP contribution in [-0.2, 0) is 4.74 Å². The first-order chi connectivity index (χ1) is 9.58. The number of nitrogens with zero attached hydrogens (tertiary/aromatic N) is 2. The van der Waals surface area contributed by atoms with Crippen LogP contribution in [-0.4, -0.2) is 30.8 Å². The lowest BCUT2D eigenvalue weighted by atomic mass is 9.81. The SMILES string of the molecule is CC1(C)CCC=C1C1COCCN1c1cc(N)ccn1. The summed E-state index contributed by atoms with van der Waals surface area (Å²) in [5.41, 5.74) is 8.41. The molecule has 0 saturated carbocycles. The number of hydrogen-bond acceptors (Lipinski definition) is 4. The van der Waals surface area contributed by atoms with Crippen molar-refractivity contribution >= 4 is 11.5 Å². The molecule has 2 aliphatic rings. The Balaban J connectivity index is 1.92. The summed E-state index contributed by atoms with van der Waals surface area (Å²) in [4.78, 5) is 6.84. The van der Waals surface area contributed by atoms with Gasteiger partial charge in [-0.3, -0.25) is 0 Å². The lowest BCUT2D eigenvalue weighted by molar-refractivity contribution is 0.0977. The van der Waals surface area contributed by atoms with Crippen LogP contribution in [0, 0.1) is 5.41 Å². The molecule has 1 aromatic rings. The third-order valence-electron chi connectivity index (χ3n) is 4.47. The summed E-state index contributed by atoms with van der Waals surface area (Å²) in [6, 6.07) is 4.08. The van der Waals surface area contributed by atoms with Crippen molar-refractivity contribution in [3.63, 3.8) is 0 Å². The van der Waals surface area contributed by atoms with Crippen LogP contribution < -0.4 is 10.6 Å². The first kappa shape index (κ1) is 13.4. The highest BCUT2D eigenvalue weighted by molar-refractivity contribution is 5.53. The second kappa shape index (κ2) is 5.09. The van der Waals surface area contributed by atoms with E-state index in [-0.39, 0.29) is 11.5 Å². The largest absolute Gasteiger partial charge is 0.399 e. The molecule has 1 unspecified atom stereocenters. The van der Waals surface area contributed by atoms with Gasteiger partial charge in [-0.25, -0.2) is 4.98 Å². The van der Waals surface area contributed by atoms with Crippen molar-refractivity contribution in [3.05, 3.63) is 30.0 Å². The number of allylic oxidation sites excluding steroid dienone is 1. The smallest absolute Gasteiger partial charge is 0.131 e. The molecule has 108 valence electrons. The average Bonchev–Trinajstić information content (AvgIpc) is 2.78. The maximum Gasteiger partial charge on any atom is 0.131 e. The molecule has 1 atom stereocenters. The summed E-state index contributed by atoms with van der Waals surface area (Å²) in [6.45, 7) is 7.01. The van der Waals surface area contributed by atoms with E-state index in [2.05, 4.69) is 29.8 Å². The molecule has 0 amide bonds. The normalized spacial score (nSPS) is 25.6. The number of pyridine rings is 1. The molecule has 1 aliphatic carbocycles. The van der Waals surface area contributed by atoms with E-state index in [1.807, 2.05) is 12.1 Å². The van der Waals surface area contributed by atoms with Gasteiger partial charge in [0.25, 0.3) is 0 Å². The lowest BCUT2D eigenvalue weighted by Gasteiger charge is -2.41. The minimum absolute atomic E-state index is 0.254. The number of aromatic nitrogens is 1. The van der Waals surface area contributed by atoms with E-state index in [9.17, 15) is 0 Å². The molecule has 4 nitrogen and oxygen atoms in total. The summed E-state index contributed by atoms with van der Waals surface area (Å²) in [5, 5.41) is 0. The molecule has 20 heavy (non-hydrogen) atoms. The topological polar surface area (TPSA) is 51.4 Å². The fourth-order valence-corrected chi connectivity index (χ4v) is 3.32. The molecule has 1 aromatic heterocycles. The first-order valence-electron chi connectivity index (χ1n) is 7.34. The molecule has 0 bridgehead atoms. The number of ether oxygens (including phenoxy) is 1. The van der Waals surface area contributed by atoms with E-state index in [4.69, 9.17) is 10.5 Å². The summed E-state index contributed by atoms with van der Waals surface area (Å²) in [6.07, 6.45) is 6.55. The van der Waals surface area contributed by atoms with E-state index < -0.39 is 0 Å². The summed E-state index contributed by atoms with van der Waals surface area (Å²) in [5.74, 6) is 0.960. The van der Waals surface area contributed by atoms with Crippen molar-refractivity contribution < 1.29 is 4.74 Å². The maximum absolute atomic E-state index is 5.90. The molecule has 1 aliphatic heterocycles. The second-order valence-electron chi connectivity index (χ2n) is 6.31. The van der Waals surface area contributed by atoms with Crippen LogP contribution >= 0.6 is 0 Å². The van der Waals surface area contributed by atoms with E-state index in [0.717, 1.165) is 37.7 Å². The van der Waals surface area contributed by atoms with E-state index in [1.165, 1.54) is 12.0 Å². The molecular weight excluding hydrogens is 250 g/mol. The number of nitrogens with two attached hydrogens (primary N) is 1. The third-order valence-corrected chi connectivity index (χ3v) is 4.47. The predicted octanol–water partition coefficient (Wildman–Crippen LogP) is 2.62. The Labute approximate surface area is 120 Å². The zero-order chi connectivity index (χ0) is 14.2. The van der Waals surface area contributed by atoms with Crippen LogP contribution in [0.3, 0.4) is 0 Å². The van der Waals surface area contributed by atoms with Crippen LogP contribution in [0.1, 0.15) is 26.7 Å². The van der Waals surface area contributed by atoms with Crippen molar-refractivity contribution in [2.45, 2.75) is 32.7 Å².